The third-order valence-electron chi connectivity index (χ3n) is 5.91. The maximum absolute atomic E-state index is 14.0. The van der Waals surface area contributed by atoms with Gasteiger partial charge < -0.3 is 9.84 Å². The van der Waals surface area contributed by atoms with Crippen LogP contribution in [-0.2, 0) is 6.42 Å². The number of likely N-dealkylation sites (tertiary alicyclic amines) is 1. The molecule has 0 amide bonds. The average Bonchev–Trinajstić information content (AvgIpc) is 3.44. The number of ether oxygens (including phenoxy) is 1. The first-order valence-electron chi connectivity index (χ1n) is 9.85. The summed E-state index contributed by atoms with van der Waals surface area (Å²) in [6, 6.07) is 9.83. The summed E-state index contributed by atoms with van der Waals surface area (Å²) in [6.07, 6.45) is 2.34. The third kappa shape index (κ3) is 3.58. The Labute approximate surface area is 183 Å². The van der Waals surface area contributed by atoms with Gasteiger partial charge in [-0.3, -0.25) is 10.00 Å². The van der Waals surface area contributed by atoms with Crippen LogP contribution in [0.2, 0.25) is 10.0 Å². The number of β-amino-alcohol motifs (C(OH)–C–C–N with tert-alkyl or cyclic N) is 1. The quantitative estimate of drug-likeness (QED) is 0.611. The lowest BCUT2D eigenvalue weighted by atomic mass is 10.1. The molecule has 30 heavy (non-hydrogen) atoms. The van der Waals surface area contributed by atoms with Gasteiger partial charge in [-0.05, 0) is 54.8 Å². The molecule has 8 heteroatoms. The predicted molar refractivity (Wildman–Crippen MR) is 114 cm³/mol. The molecule has 0 saturated carbocycles. The van der Waals surface area contributed by atoms with Crippen molar-refractivity contribution in [3.05, 3.63) is 69.6 Å². The molecule has 3 aromatic rings. The van der Waals surface area contributed by atoms with Crippen LogP contribution in [0.4, 0.5) is 4.39 Å². The number of nitrogens with zero attached hydrogens (tertiary/aromatic N) is 2. The molecule has 0 bridgehead atoms. The number of fused-ring (bicyclic) bond motifs is 1. The van der Waals surface area contributed by atoms with E-state index in [0.29, 0.717) is 40.0 Å². The standard InChI is InChI=1S/C22H20Cl2FN3O2/c23-12-7-16-15(18(24)8-12)10-20(28-6-4-14(29)11-28)22(16)30-21-2-1-13(25)9-17(21)19-3-5-26-27-19/h1-3,5,7-9,14,20,22,29H,4,6,10-11H2,(H,26,27)/t14-,20+,22+/m1/s1. The minimum absolute atomic E-state index is 0.00668. The number of rotatable bonds is 4. The minimum Gasteiger partial charge on any atom is -0.483 e. The summed E-state index contributed by atoms with van der Waals surface area (Å²) in [6.45, 7) is 1.36. The molecule has 5 rings (SSSR count). The van der Waals surface area contributed by atoms with Crippen LogP contribution < -0.4 is 4.74 Å². The van der Waals surface area contributed by atoms with Gasteiger partial charge in [0.25, 0.3) is 0 Å². The maximum atomic E-state index is 14.0. The molecule has 156 valence electrons. The van der Waals surface area contributed by atoms with E-state index in [4.69, 9.17) is 27.9 Å². The Morgan fingerprint density at radius 3 is 2.80 bits per heavy atom. The first kappa shape index (κ1) is 19.8. The molecule has 3 atom stereocenters. The smallest absolute Gasteiger partial charge is 0.140 e. The number of H-pyrrole nitrogens is 1. The second-order valence-corrected chi connectivity index (χ2v) is 8.66. The van der Waals surface area contributed by atoms with Crippen molar-refractivity contribution in [1.82, 2.24) is 15.1 Å². The zero-order valence-corrected chi connectivity index (χ0v) is 17.5. The van der Waals surface area contributed by atoms with Crippen molar-refractivity contribution in [2.24, 2.45) is 0 Å². The van der Waals surface area contributed by atoms with Crippen molar-refractivity contribution in [2.45, 2.75) is 31.1 Å². The fourth-order valence-corrected chi connectivity index (χ4v) is 5.09. The molecule has 1 saturated heterocycles. The van der Waals surface area contributed by atoms with Gasteiger partial charge in [0, 0.05) is 40.5 Å². The van der Waals surface area contributed by atoms with Crippen molar-refractivity contribution in [1.29, 1.82) is 0 Å². The fraction of sp³-hybridized carbons (Fsp3) is 0.318. The van der Waals surface area contributed by atoms with E-state index in [2.05, 4.69) is 15.1 Å². The first-order valence-corrected chi connectivity index (χ1v) is 10.6. The van der Waals surface area contributed by atoms with E-state index in [1.807, 2.05) is 6.07 Å². The van der Waals surface area contributed by atoms with Crippen LogP contribution in [-0.4, -0.2) is 45.4 Å². The van der Waals surface area contributed by atoms with Crippen molar-refractivity contribution in [2.75, 3.05) is 13.1 Å². The number of aromatic nitrogens is 2. The largest absolute Gasteiger partial charge is 0.483 e. The number of aliphatic hydroxyl groups is 1. The highest BCUT2D eigenvalue weighted by molar-refractivity contribution is 6.35. The average molecular weight is 448 g/mol. The Kier molecular flexibility index (Phi) is 5.19. The summed E-state index contributed by atoms with van der Waals surface area (Å²) in [5.41, 5.74) is 3.19. The number of nitrogens with one attached hydrogen (secondary N) is 1. The molecule has 1 aromatic heterocycles. The lowest BCUT2D eigenvalue weighted by molar-refractivity contribution is 0.0821. The summed E-state index contributed by atoms with van der Waals surface area (Å²) in [5.74, 6) is 0.184. The summed E-state index contributed by atoms with van der Waals surface area (Å²) in [5, 5.41) is 18.1. The molecule has 1 fully saturated rings. The molecule has 1 aliphatic carbocycles. The number of hydrogen-bond donors (Lipinski definition) is 2. The van der Waals surface area contributed by atoms with Gasteiger partial charge >= 0.3 is 0 Å². The third-order valence-corrected chi connectivity index (χ3v) is 6.47. The van der Waals surface area contributed by atoms with Crippen molar-refractivity contribution >= 4 is 23.2 Å². The van der Waals surface area contributed by atoms with Crippen LogP contribution >= 0.6 is 23.2 Å². The van der Waals surface area contributed by atoms with Crippen LogP contribution in [0.1, 0.15) is 23.7 Å². The number of benzene rings is 2. The number of halogens is 3. The van der Waals surface area contributed by atoms with Crippen LogP contribution in [0.5, 0.6) is 5.75 Å². The molecule has 2 aromatic carbocycles. The Morgan fingerprint density at radius 2 is 2.07 bits per heavy atom. The topological polar surface area (TPSA) is 61.4 Å². The lowest BCUT2D eigenvalue weighted by Gasteiger charge is -2.30. The second kappa shape index (κ2) is 7.85. The van der Waals surface area contributed by atoms with E-state index in [-0.39, 0.29) is 24.1 Å². The predicted octanol–water partition coefficient (Wildman–Crippen LogP) is 4.63. The van der Waals surface area contributed by atoms with E-state index in [0.717, 1.165) is 24.1 Å². The monoisotopic (exact) mass is 447 g/mol. The van der Waals surface area contributed by atoms with Gasteiger partial charge in [-0.25, -0.2) is 4.39 Å². The number of aliphatic hydroxyl groups excluding tert-OH is 1. The molecular formula is C22H20Cl2FN3O2. The van der Waals surface area contributed by atoms with E-state index >= 15 is 0 Å². The Morgan fingerprint density at radius 1 is 1.20 bits per heavy atom. The highest BCUT2D eigenvalue weighted by Gasteiger charge is 2.42. The molecule has 2 heterocycles. The first-order chi connectivity index (χ1) is 14.5. The molecule has 2 aliphatic rings. The van der Waals surface area contributed by atoms with Crippen molar-refractivity contribution in [3.63, 3.8) is 0 Å². The fourth-order valence-electron chi connectivity index (χ4n) is 4.51. The van der Waals surface area contributed by atoms with Gasteiger partial charge in [0.1, 0.15) is 17.7 Å². The second-order valence-electron chi connectivity index (χ2n) is 7.81. The van der Waals surface area contributed by atoms with E-state index in [1.165, 1.54) is 12.1 Å². The summed E-state index contributed by atoms with van der Waals surface area (Å²) >= 11 is 12.8. The van der Waals surface area contributed by atoms with E-state index in [1.54, 1.807) is 24.4 Å². The molecule has 2 N–H and O–H groups in total. The Balaban J connectivity index is 1.56. The van der Waals surface area contributed by atoms with E-state index < -0.39 is 0 Å². The number of aromatic amines is 1. The summed E-state index contributed by atoms with van der Waals surface area (Å²) in [7, 11) is 0. The van der Waals surface area contributed by atoms with Crippen LogP contribution in [0.15, 0.2) is 42.6 Å². The summed E-state index contributed by atoms with van der Waals surface area (Å²) < 4.78 is 20.5. The van der Waals surface area contributed by atoms with E-state index in [9.17, 15) is 9.50 Å². The molecular weight excluding hydrogens is 428 g/mol. The highest BCUT2D eigenvalue weighted by Crippen LogP contribution is 2.44. The molecule has 1 aliphatic heterocycles. The lowest BCUT2D eigenvalue weighted by Crippen LogP contribution is -2.39. The van der Waals surface area contributed by atoms with Crippen LogP contribution in [0.25, 0.3) is 11.3 Å². The molecule has 0 unspecified atom stereocenters. The van der Waals surface area contributed by atoms with Gasteiger partial charge in [0.15, 0.2) is 0 Å². The van der Waals surface area contributed by atoms with Gasteiger partial charge in [0.2, 0.25) is 0 Å². The maximum Gasteiger partial charge on any atom is 0.140 e. The molecule has 0 radical (unpaired) electrons. The van der Waals surface area contributed by atoms with Crippen molar-refractivity contribution in [3.8, 4) is 17.0 Å². The molecule has 5 nitrogen and oxygen atoms in total. The zero-order valence-electron chi connectivity index (χ0n) is 16.0. The Hall–Kier alpha value is -2.12. The highest BCUT2D eigenvalue weighted by atomic mass is 35.5. The molecule has 0 spiro atoms. The van der Waals surface area contributed by atoms with Crippen LogP contribution in [0.3, 0.4) is 0 Å². The van der Waals surface area contributed by atoms with Gasteiger partial charge in [-0.1, -0.05) is 23.2 Å². The SMILES string of the molecule is O[C@@H]1CCN([C@H]2Cc3c(Cl)cc(Cl)cc3[C@@H]2Oc2ccc(F)cc2-c2ccn[nH]2)C1. The minimum atomic E-state index is -0.357. The van der Waals surface area contributed by atoms with Gasteiger partial charge in [0.05, 0.1) is 17.8 Å². The summed E-state index contributed by atoms with van der Waals surface area (Å²) in [4.78, 5) is 2.24. The van der Waals surface area contributed by atoms with Crippen molar-refractivity contribution < 1.29 is 14.2 Å². The van der Waals surface area contributed by atoms with Gasteiger partial charge in [-0.15, -0.1) is 0 Å². The normalized spacial score (nSPS) is 23.7. The Bertz CT molecular complexity index is 1080. The van der Waals surface area contributed by atoms with Gasteiger partial charge in [-0.2, -0.15) is 5.10 Å². The van der Waals surface area contributed by atoms with Crippen LogP contribution in [0, 0.1) is 5.82 Å². The zero-order chi connectivity index (χ0) is 20.8. The number of hydrogen-bond acceptors (Lipinski definition) is 4.